The van der Waals surface area contributed by atoms with Gasteiger partial charge in [0.15, 0.2) is 0 Å². The summed E-state index contributed by atoms with van der Waals surface area (Å²) in [4.78, 5) is 24.1. The van der Waals surface area contributed by atoms with E-state index in [0.29, 0.717) is 17.9 Å². The number of carbonyl (C=O) groups excluding carboxylic acids is 2. The summed E-state index contributed by atoms with van der Waals surface area (Å²) in [6.45, 7) is 5.85. The molecule has 0 bridgehead atoms. The van der Waals surface area contributed by atoms with Crippen LogP contribution in [0.2, 0.25) is 5.02 Å². The van der Waals surface area contributed by atoms with E-state index in [9.17, 15) is 9.59 Å². The number of hydrazone groups is 1. The molecular formula is C27H31ClN4O3. The van der Waals surface area contributed by atoms with E-state index in [1.54, 1.807) is 13.3 Å². The predicted octanol–water partition coefficient (Wildman–Crippen LogP) is 4.65. The molecule has 3 aromatic rings. The van der Waals surface area contributed by atoms with Crippen LogP contribution in [0.15, 0.2) is 53.6 Å². The van der Waals surface area contributed by atoms with Crippen LogP contribution in [0.3, 0.4) is 0 Å². The Morgan fingerprint density at radius 3 is 2.54 bits per heavy atom. The Bertz CT molecular complexity index is 1220. The topological polar surface area (TPSA) is 84.7 Å². The van der Waals surface area contributed by atoms with Crippen LogP contribution in [0.5, 0.6) is 5.75 Å². The van der Waals surface area contributed by atoms with Crippen LogP contribution in [0.1, 0.15) is 40.9 Å². The van der Waals surface area contributed by atoms with Crippen LogP contribution < -0.4 is 15.5 Å². The highest BCUT2D eigenvalue weighted by molar-refractivity contribution is 6.31. The molecule has 0 atom stereocenters. The second-order valence-electron chi connectivity index (χ2n) is 8.32. The molecule has 0 unspecified atom stereocenters. The van der Waals surface area contributed by atoms with Crippen LogP contribution in [-0.2, 0) is 16.0 Å². The quantitative estimate of drug-likeness (QED) is 0.317. The Labute approximate surface area is 211 Å². The molecule has 2 aromatic carbocycles. The molecule has 0 aliphatic rings. The zero-order valence-electron chi connectivity index (χ0n) is 20.5. The molecule has 0 saturated carbocycles. The van der Waals surface area contributed by atoms with Crippen molar-refractivity contribution in [1.29, 1.82) is 0 Å². The van der Waals surface area contributed by atoms with E-state index in [2.05, 4.69) is 20.4 Å². The van der Waals surface area contributed by atoms with Crippen molar-refractivity contribution in [1.82, 2.24) is 15.3 Å². The minimum atomic E-state index is -0.385. The molecule has 7 nitrogen and oxygen atoms in total. The Morgan fingerprint density at radius 1 is 1.09 bits per heavy atom. The number of benzene rings is 2. The van der Waals surface area contributed by atoms with Crippen LogP contribution in [0.25, 0.3) is 5.69 Å². The number of methoxy groups -OCH3 is 1. The third-order valence-electron chi connectivity index (χ3n) is 5.82. The first-order chi connectivity index (χ1) is 16.8. The van der Waals surface area contributed by atoms with Gasteiger partial charge in [-0.25, -0.2) is 5.43 Å². The maximum absolute atomic E-state index is 12.1. The second-order valence-corrected chi connectivity index (χ2v) is 8.72. The maximum Gasteiger partial charge on any atom is 0.259 e. The zero-order chi connectivity index (χ0) is 25.4. The van der Waals surface area contributed by atoms with E-state index >= 15 is 0 Å². The minimum Gasteiger partial charge on any atom is -0.497 e. The third kappa shape index (κ3) is 6.96. The van der Waals surface area contributed by atoms with Crippen molar-refractivity contribution in [2.75, 3.05) is 13.7 Å². The molecule has 0 radical (unpaired) electrons. The van der Waals surface area contributed by atoms with E-state index in [1.807, 2.05) is 69.3 Å². The number of nitrogens with one attached hydrogen (secondary N) is 2. The summed E-state index contributed by atoms with van der Waals surface area (Å²) in [5.74, 6) is 0.251. The van der Waals surface area contributed by atoms with Gasteiger partial charge in [-0.1, -0.05) is 29.8 Å². The number of rotatable bonds is 10. The van der Waals surface area contributed by atoms with Crippen molar-refractivity contribution in [3.05, 3.63) is 81.6 Å². The highest BCUT2D eigenvalue weighted by atomic mass is 35.5. The van der Waals surface area contributed by atoms with Crippen molar-refractivity contribution in [3.63, 3.8) is 0 Å². The van der Waals surface area contributed by atoms with Crippen molar-refractivity contribution < 1.29 is 14.3 Å². The summed E-state index contributed by atoms with van der Waals surface area (Å²) >= 11 is 6.29. The van der Waals surface area contributed by atoms with Gasteiger partial charge >= 0.3 is 0 Å². The number of halogens is 1. The van der Waals surface area contributed by atoms with Gasteiger partial charge < -0.3 is 14.6 Å². The van der Waals surface area contributed by atoms with Gasteiger partial charge in [-0.3, -0.25) is 9.59 Å². The van der Waals surface area contributed by atoms with Gasteiger partial charge in [-0.05, 0) is 75.1 Å². The number of ether oxygens (including phenoxy) is 1. The molecule has 3 rings (SSSR count). The Hall–Kier alpha value is -3.58. The van der Waals surface area contributed by atoms with Crippen molar-refractivity contribution in [3.8, 4) is 11.4 Å². The number of nitrogens with zero attached hydrogens (tertiary/aromatic N) is 2. The third-order valence-corrected chi connectivity index (χ3v) is 6.23. The summed E-state index contributed by atoms with van der Waals surface area (Å²) in [6.07, 6.45) is 3.42. The summed E-state index contributed by atoms with van der Waals surface area (Å²) in [7, 11) is 1.63. The molecule has 0 spiro atoms. The van der Waals surface area contributed by atoms with Crippen LogP contribution in [0, 0.1) is 20.8 Å². The standard InChI is InChI=1S/C27H31ClN4O3/c1-18-15-22(20(3)32(18)25-9-6-8-24(28)19(25)2)16-30-31-27(34)17-29-26(33)10-5-7-21-11-13-23(35-4)14-12-21/h6,8-9,11-16H,5,7,10,17H2,1-4H3,(H,29,33)(H,31,34)/b30-16-. The SMILES string of the molecule is COc1ccc(CCCC(=O)NCC(=O)N/N=C\c2cc(C)n(-c3cccc(Cl)c3C)c2C)cc1. The molecule has 2 N–H and O–H groups in total. The maximum atomic E-state index is 12.1. The molecule has 2 amide bonds. The van der Waals surface area contributed by atoms with E-state index in [-0.39, 0.29) is 18.4 Å². The van der Waals surface area contributed by atoms with Gasteiger partial charge in [0, 0.05) is 34.1 Å². The lowest BCUT2D eigenvalue weighted by molar-refractivity contribution is -0.126. The Balaban J connectivity index is 1.45. The average Bonchev–Trinajstić information content (AvgIpc) is 3.12. The highest BCUT2D eigenvalue weighted by Crippen LogP contribution is 2.26. The molecule has 0 aliphatic heterocycles. The number of aromatic nitrogens is 1. The van der Waals surface area contributed by atoms with Gasteiger partial charge in [0.1, 0.15) is 5.75 Å². The van der Waals surface area contributed by atoms with E-state index < -0.39 is 0 Å². The first-order valence-electron chi connectivity index (χ1n) is 11.5. The lowest BCUT2D eigenvalue weighted by Crippen LogP contribution is -2.34. The number of hydrogen-bond acceptors (Lipinski definition) is 4. The Kier molecular flexibility index (Phi) is 9.09. The molecule has 0 saturated heterocycles. The van der Waals surface area contributed by atoms with Crippen molar-refractivity contribution in [2.24, 2.45) is 5.10 Å². The summed E-state index contributed by atoms with van der Waals surface area (Å²) in [5.41, 5.74) is 8.49. The lowest BCUT2D eigenvalue weighted by atomic mass is 10.1. The second kappa shape index (κ2) is 12.2. The van der Waals surface area contributed by atoms with Crippen molar-refractivity contribution >= 4 is 29.6 Å². The van der Waals surface area contributed by atoms with Gasteiger partial charge in [0.25, 0.3) is 5.91 Å². The van der Waals surface area contributed by atoms with Crippen molar-refractivity contribution in [2.45, 2.75) is 40.0 Å². The molecule has 0 aliphatic carbocycles. The first kappa shape index (κ1) is 26.0. The molecular weight excluding hydrogens is 464 g/mol. The van der Waals surface area contributed by atoms with Gasteiger partial charge in [-0.2, -0.15) is 5.10 Å². The minimum absolute atomic E-state index is 0.126. The van der Waals surface area contributed by atoms with Crippen LogP contribution >= 0.6 is 11.6 Å². The van der Waals surface area contributed by atoms with E-state index in [1.165, 1.54) is 0 Å². The first-order valence-corrected chi connectivity index (χ1v) is 11.8. The number of carbonyl (C=O) groups is 2. The summed E-state index contributed by atoms with van der Waals surface area (Å²) in [5, 5.41) is 7.40. The monoisotopic (exact) mass is 494 g/mol. The number of amides is 2. The van der Waals surface area contributed by atoms with Gasteiger partial charge in [0.05, 0.1) is 19.9 Å². The van der Waals surface area contributed by atoms with E-state index in [4.69, 9.17) is 16.3 Å². The molecule has 184 valence electrons. The number of aryl methyl sites for hydroxylation is 2. The predicted molar refractivity (Wildman–Crippen MR) is 140 cm³/mol. The smallest absolute Gasteiger partial charge is 0.259 e. The fraction of sp³-hybridized carbons (Fsp3) is 0.296. The molecule has 1 aromatic heterocycles. The van der Waals surface area contributed by atoms with Crippen LogP contribution in [-0.4, -0.2) is 36.3 Å². The normalized spacial score (nSPS) is 11.0. The average molecular weight is 495 g/mol. The molecule has 0 fully saturated rings. The summed E-state index contributed by atoms with van der Waals surface area (Å²) < 4.78 is 7.25. The number of hydrogen-bond donors (Lipinski definition) is 2. The summed E-state index contributed by atoms with van der Waals surface area (Å²) in [6, 6.07) is 15.6. The van der Waals surface area contributed by atoms with Gasteiger partial charge in [0.2, 0.25) is 5.91 Å². The van der Waals surface area contributed by atoms with E-state index in [0.717, 1.165) is 45.9 Å². The Morgan fingerprint density at radius 2 is 1.83 bits per heavy atom. The van der Waals surface area contributed by atoms with Gasteiger partial charge in [-0.15, -0.1) is 0 Å². The van der Waals surface area contributed by atoms with Crippen LogP contribution in [0.4, 0.5) is 0 Å². The molecule has 35 heavy (non-hydrogen) atoms. The highest BCUT2D eigenvalue weighted by Gasteiger charge is 2.13. The fourth-order valence-electron chi connectivity index (χ4n) is 3.85. The largest absolute Gasteiger partial charge is 0.497 e. The lowest BCUT2D eigenvalue weighted by Gasteiger charge is -2.13. The zero-order valence-corrected chi connectivity index (χ0v) is 21.3. The molecule has 1 heterocycles. The fourth-order valence-corrected chi connectivity index (χ4v) is 4.02. The molecule has 8 heteroatoms.